The van der Waals surface area contributed by atoms with Crippen molar-refractivity contribution in [2.24, 2.45) is 27.7 Å². The molecule has 3 aliphatic carbocycles. The molecule has 2 aromatic heterocycles. The van der Waals surface area contributed by atoms with Crippen molar-refractivity contribution >= 4 is 28.8 Å². The molecule has 2 aromatic rings. The van der Waals surface area contributed by atoms with Crippen LogP contribution in [0.25, 0.3) is 11.0 Å². The predicted molar refractivity (Wildman–Crippen MR) is 106 cm³/mol. The van der Waals surface area contributed by atoms with E-state index in [1.54, 1.807) is 6.20 Å². The molecule has 6 rings (SSSR count). The lowest BCUT2D eigenvalue weighted by molar-refractivity contribution is -0.149. The van der Waals surface area contributed by atoms with Gasteiger partial charge in [-0.15, -0.1) is 0 Å². The highest BCUT2D eigenvalue weighted by molar-refractivity contribution is 6.15. The summed E-state index contributed by atoms with van der Waals surface area (Å²) in [6.07, 6.45) is 6.62. The van der Waals surface area contributed by atoms with Crippen molar-refractivity contribution < 1.29 is 14.3 Å². The number of hydrogen-bond acceptors (Lipinski definition) is 6. The smallest absolute Gasteiger partial charge is 0.308 e. The molecule has 0 aromatic carbocycles. The summed E-state index contributed by atoms with van der Waals surface area (Å²) in [6.45, 7) is 1.86. The van der Waals surface area contributed by atoms with Gasteiger partial charge in [0, 0.05) is 23.2 Å². The number of aromatic amines is 1. The molecule has 1 unspecified atom stereocenters. The van der Waals surface area contributed by atoms with E-state index in [2.05, 4.69) is 30.6 Å². The molecule has 0 saturated heterocycles. The molecule has 0 spiro atoms. The number of halogens is 1. The van der Waals surface area contributed by atoms with Crippen LogP contribution in [0, 0.1) is 23.6 Å². The summed E-state index contributed by atoms with van der Waals surface area (Å²) < 4.78 is 13.7. The number of hydrogen-bond donors (Lipinski definition) is 4. The van der Waals surface area contributed by atoms with Gasteiger partial charge in [-0.2, -0.15) is 0 Å². The van der Waals surface area contributed by atoms with Gasteiger partial charge in [-0.25, -0.2) is 19.4 Å². The van der Waals surface area contributed by atoms with Crippen LogP contribution in [0.1, 0.15) is 38.2 Å². The second kappa shape index (κ2) is 6.82. The van der Waals surface area contributed by atoms with Crippen LogP contribution in [0.5, 0.6) is 0 Å². The van der Waals surface area contributed by atoms with Crippen LogP contribution in [-0.2, 0) is 4.79 Å². The number of carbonyl (C=O) groups is 1. The van der Waals surface area contributed by atoms with Crippen molar-refractivity contribution in [2.75, 3.05) is 0 Å². The number of H-pyrrole nitrogens is 1. The van der Waals surface area contributed by atoms with E-state index < -0.39 is 17.7 Å². The number of guanidine groups is 1. The lowest BCUT2D eigenvalue weighted by Crippen LogP contribution is -2.59. The summed E-state index contributed by atoms with van der Waals surface area (Å²) in [6, 6.07) is 1.27. The van der Waals surface area contributed by atoms with Crippen molar-refractivity contribution in [2.45, 2.75) is 44.8 Å². The van der Waals surface area contributed by atoms with Gasteiger partial charge in [0.25, 0.3) is 0 Å². The molecule has 8 nitrogen and oxygen atoms in total. The number of pyridine rings is 1. The summed E-state index contributed by atoms with van der Waals surface area (Å²) >= 11 is 0. The second-order valence-corrected chi connectivity index (χ2v) is 8.17. The summed E-state index contributed by atoms with van der Waals surface area (Å²) in [5, 5.41) is 17.0. The number of rotatable bonds is 3. The van der Waals surface area contributed by atoms with Gasteiger partial charge in [0.15, 0.2) is 5.96 Å². The molecule has 152 valence electrons. The zero-order valence-corrected chi connectivity index (χ0v) is 16.0. The van der Waals surface area contributed by atoms with E-state index >= 15 is 0 Å². The Balaban J connectivity index is 1.41. The first-order chi connectivity index (χ1) is 14.0. The standard InChI is InChI=1S/C20H23FN6O2/c1-9-24-18(14-8-23-17-13(14)6-12(21)7-22-17)27-20(25-9)26-16-11-4-2-10(3-5-11)15(16)19(28)29/h6-11,15-16H,2-5H2,1H3,(H,22,23)(H,28,29)(H2,24,25,26,27)/t9?,10?,11?,15-,16-/m0/s1. The molecule has 3 fully saturated rings. The van der Waals surface area contributed by atoms with Crippen LogP contribution in [0.2, 0.25) is 0 Å². The minimum Gasteiger partial charge on any atom is -0.481 e. The molecule has 0 amide bonds. The third-order valence-corrected chi connectivity index (χ3v) is 6.43. The van der Waals surface area contributed by atoms with Crippen molar-refractivity contribution in [3.8, 4) is 0 Å². The largest absolute Gasteiger partial charge is 0.481 e. The van der Waals surface area contributed by atoms with Crippen molar-refractivity contribution in [3.05, 3.63) is 29.8 Å². The van der Waals surface area contributed by atoms with Crippen LogP contribution in [0.4, 0.5) is 4.39 Å². The lowest BCUT2D eigenvalue weighted by Gasteiger charge is -2.47. The SMILES string of the molecule is CC1N=C(N[C@H]2C3CCC(CC3)[C@@H]2C(=O)O)NC(c2c[nH]c3ncc(F)cc23)=N1. The molecule has 4 aliphatic rings. The molecule has 3 heterocycles. The van der Waals surface area contributed by atoms with Crippen molar-refractivity contribution in [1.82, 2.24) is 20.6 Å². The number of aliphatic carboxylic acids is 1. The minimum atomic E-state index is -0.742. The fourth-order valence-corrected chi connectivity index (χ4v) is 5.13. The minimum absolute atomic E-state index is 0.153. The number of carboxylic acid groups (broad SMARTS) is 1. The topological polar surface area (TPSA) is 115 Å². The summed E-state index contributed by atoms with van der Waals surface area (Å²) in [5.74, 6) is 0.0512. The average Bonchev–Trinajstić information content (AvgIpc) is 3.11. The summed E-state index contributed by atoms with van der Waals surface area (Å²) in [5.41, 5.74) is 1.28. The van der Waals surface area contributed by atoms with Crippen LogP contribution < -0.4 is 10.6 Å². The Hall–Kier alpha value is -2.97. The maximum absolute atomic E-state index is 13.7. The Morgan fingerprint density at radius 1 is 1.24 bits per heavy atom. The summed E-state index contributed by atoms with van der Waals surface area (Å²) in [4.78, 5) is 28.1. The third-order valence-electron chi connectivity index (χ3n) is 6.43. The quantitative estimate of drug-likeness (QED) is 0.633. The predicted octanol–water partition coefficient (Wildman–Crippen LogP) is 2.23. The van der Waals surface area contributed by atoms with Gasteiger partial charge < -0.3 is 20.7 Å². The first-order valence-electron chi connectivity index (χ1n) is 10.0. The van der Waals surface area contributed by atoms with Crippen molar-refractivity contribution in [1.29, 1.82) is 0 Å². The molecular weight excluding hydrogens is 375 g/mol. The lowest BCUT2D eigenvalue weighted by atomic mass is 9.61. The number of nitrogens with zero attached hydrogens (tertiary/aromatic N) is 3. The number of fused-ring (bicyclic) bond motifs is 4. The van der Waals surface area contributed by atoms with Gasteiger partial charge in [-0.05, 0) is 50.5 Å². The summed E-state index contributed by atoms with van der Waals surface area (Å²) in [7, 11) is 0. The number of aliphatic imine (C=N–C) groups is 2. The van der Waals surface area contributed by atoms with E-state index in [9.17, 15) is 14.3 Å². The zero-order valence-electron chi connectivity index (χ0n) is 16.0. The van der Waals surface area contributed by atoms with Gasteiger partial charge >= 0.3 is 5.97 Å². The van der Waals surface area contributed by atoms with Gasteiger partial charge in [0.2, 0.25) is 0 Å². The monoisotopic (exact) mass is 398 g/mol. The normalized spacial score (nSPS) is 31.2. The van der Waals surface area contributed by atoms with Crippen LogP contribution >= 0.6 is 0 Å². The Labute approximate surface area is 166 Å². The van der Waals surface area contributed by atoms with E-state index in [0.717, 1.165) is 25.7 Å². The number of amidine groups is 1. The maximum Gasteiger partial charge on any atom is 0.308 e. The molecule has 4 N–H and O–H groups in total. The molecule has 9 heteroatoms. The third kappa shape index (κ3) is 3.14. The van der Waals surface area contributed by atoms with E-state index in [-0.39, 0.29) is 18.1 Å². The number of nitrogens with one attached hydrogen (secondary N) is 3. The average molecular weight is 398 g/mol. The van der Waals surface area contributed by atoms with Crippen LogP contribution in [0.3, 0.4) is 0 Å². The highest BCUT2D eigenvalue weighted by atomic mass is 19.1. The molecule has 2 bridgehead atoms. The molecular formula is C20H23FN6O2. The Kier molecular flexibility index (Phi) is 4.25. The van der Waals surface area contributed by atoms with Gasteiger partial charge in [0.05, 0.1) is 12.1 Å². The van der Waals surface area contributed by atoms with Crippen LogP contribution in [-0.4, -0.2) is 45.0 Å². The fraction of sp³-hybridized carbons (Fsp3) is 0.500. The fourth-order valence-electron chi connectivity index (χ4n) is 5.13. The van der Waals surface area contributed by atoms with Gasteiger partial charge in [-0.3, -0.25) is 4.79 Å². The second-order valence-electron chi connectivity index (χ2n) is 8.17. The molecule has 0 radical (unpaired) electrons. The van der Waals surface area contributed by atoms with Crippen molar-refractivity contribution in [3.63, 3.8) is 0 Å². The Morgan fingerprint density at radius 3 is 2.76 bits per heavy atom. The van der Waals surface area contributed by atoms with Gasteiger partial charge in [-0.1, -0.05) is 0 Å². The molecule has 29 heavy (non-hydrogen) atoms. The Bertz CT molecular complexity index is 1020. The first-order valence-corrected chi connectivity index (χ1v) is 10.0. The molecule has 3 saturated carbocycles. The molecule has 3 atom stereocenters. The highest BCUT2D eigenvalue weighted by Gasteiger charge is 2.47. The van der Waals surface area contributed by atoms with E-state index in [1.807, 2.05) is 6.92 Å². The number of aromatic nitrogens is 2. The zero-order chi connectivity index (χ0) is 20.1. The Morgan fingerprint density at radius 2 is 2.00 bits per heavy atom. The maximum atomic E-state index is 13.7. The van der Waals surface area contributed by atoms with E-state index in [4.69, 9.17) is 0 Å². The number of carboxylic acids is 1. The van der Waals surface area contributed by atoms with Crippen LogP contribution in [0.15, 0.2) is 28.4 Å². The molecule has 1 aliphatic heterocycles. The first kappa shape index (κ1) is 18.1. The van der Waals surface area contributed by atoms with Gasteiger partial charge in [0.1, 0.15) is 23.5 Å². The van der Waals surface area contributed by atoms with E-state index in [1.165, 1.54) is 12.3 Å². The van der Waals surface area contributed by atoms with E-state index in [0.29, 0.717) is 34.3 Å². The highest BCUT2D eigenvalue weighted by Crippen LogP contribution is 2.45.